The molecule has 0 atom stereocenters. The number of pyridine rings is 2. The third-order valence-electron chi connectivity index (χ3n) is 1.77. The Labute approximate surface area is 137 Å². The van der Waals surface area contributed by atoms with Crippen molar-refractivity contribution in [2.45, 2.75) is 22.3 Å². The molecule has 0 fully saturated rings. The van der Waals surface area contributed by atoms with E-state index >= 15 is 0 Å². The summed E-state index contributed by atoms with van der Waals surface area (Å²) in [7, 11) is 0. The quantitative estimate of drug-likeness (QED) is 0.536. The normalized spacial score (nSPS) is 7.27. The summed E-state index contributed by atoms with van der Waals surface area (Å²) in [5.74, 6) is 0. The van der Waals surface area contributed by atoms with Crippen LogP contribution < -0.4 is 5.56 Å². The van der Waals surface area contributed by atoms with Crippen LogP contribution in [0.3, 0.4) is 0 Å². The van der Waals surface area contributed by atoms with Gasteiger partial charge in [-0.15, -0.1) is 0 Å². The molecule has 3 heterocycles. The third-order valence-corrected chi connectivity index (χ3v) is 2.02. The summed E-state index contributed by atoms with van der Waals surface area (Å²) in [6.07, 6.45) is 6.87. The molecule has 3 N–H and O–H groups in total. The molecule has 0 radical (unpaired) electrons. The van der Waals surface area contributed by atoms with Gasteiger partial charge in [-0.05, 0) is 24.3 Å². The van der Waals surface area contributed by atoms with Crippen molar-refractivity contribution < 1.29 is 0 Å². The van der Waals surface area contributed by atoms with Gasteiger partial charge in [0.25, 0.3) is 0 Å². The Balaban J connectivity index is -0.000000233. The maximum absolute atomic E-state index is 10.2. The highest BCUT2D eigenvalue weighted by atomic mass is 32.1. The second kappa shape index (κ2) is 16.6. The molecule has 0 saturated carbocycles. The number of nitrogens with zero attached hydrogens (tertiary/aromatic N) is 1. The van der Waals surface area contributed by atoms with Crippen LogP contribution in [0.5, 0.6) is 0 Å². The minimum atomic E-state index is -0.0532. The molecular weight excluding hydrogens is 296 g/mol. The predicted molar refractivity (Wildman–Crippen MR) is 97.5 cm³/mol. The SMILES string of the molecule is C.C.C.O=c1cccc[nH]1.S=c1cccc[nH]1.c1cn[nH]c1. The van der Waals surface area contributed by atoms with Crippen LogP contribution in [-0.2, 0) is 0 Å². The minimum Gasteiger partial charge on any atom is -0.353 e. The minimum absolute atomic E-state index is 0. The Morgan fingerprint density at radius 2 is 1.45 bits per heavy atom. The summed E-state index contributed by atoms with van der Waals surface area (Å²) >= 11 is 4.76. The molecule has 0 unspecified atom stereocenters. The third kappa shape index (κ3) is 14.0. The van der Waals surface area contributed by atoms with Gasteiger partial charge >= 0.3 is 0 Å². The second-order valence-corrected chi connectivity index (χ2v) is 3.66. The summed E-state index contributed by atoms with van der Waals surface area (Å²) in [5.41, 5.74) is -0.0532. The van der Waals surface area contributed by atoms with Crippen molar-refractivity contribution in [1.29, 1.82) is 0 Å². The zero-order valence-electron chi connectivity index (χ0n) is 10.1. The Morgan fingerprint density at radius 1 is 0.818 bits per heavy atom. The molecule has 0 amide bonds. The number of rotatable bonds is 0. The van der Waals surface area contributed by atoms with Gasteiger partial charge in [0, 0.05) is 30.9 Å². The van der Waals surface area contributed by atoms with Crippen LogP contribution >= 0.6 is 12.2 Å². The van der Waals surface area contributed by atoms with Crippen molar-refractivity contribution in [3.8, 4) is 0 Å². The first-order valence-electron chi connectivity index (χ1n) is 5.50. The second-order valence-electron chi connectivity index (χ2n) is 3.22. The van der Waals surface area contributed by atoms with Gasteiger partial charge in [0.15, 0.2) is 0 Å². The van der Waals surface area contributed by atoms with Crippen molar-refractivity contribution in [1.82, 2.24) is 20.2 Å². The van der Waals surface area contributed by atoms with Gasteiger partial charge in [0.05, 0.1) is 0 Å². The molecule has 0 aliphatic heterocycles. The lowest BCUT2D eigenvalue weighted by atomic mass is 10.5. The van der Waals surface area contributed by atoms with Crippen LogP contribution in [0, 0.1) is 4.64 Å². The molecule has 0 saturated heterocycles. The van der Waals surface area contributed by atoms with Crippen LogP contribution in [0.2, 0.25) is 0 Å². The average molecular weight is 322 g/mol. The molecule has 0 aromatic carbocycles. The Morgan fingerprint density at radius 3 is 1.64 bits per heavy atom. The topological polar surface area (TPSA) is 77.3 Å². The van der Waals surface area contributed by atoms with Crippen molar-refractivity contribution in [3.63, 3.8) is 0 Å². The van der Waals surface area contributed by atoms with Crippen LogP contribution in [0.4, 0.5) is 0 Å². The fourth-order valence-corrected chi connectivity index (χ4v) is 1.12. The molecule has 6 heteroatoms. The highest BCUT2D eigenvalue weighted by Crippen LogP contribution is 1.80. The van der Waals surface area contributed by atoms with E-state index in [2.05, 4.69) is 20.2 Å². The van der Waals surface area contributed by atoms with E-state index in [1.54, 1.807) is 30.7 Å². The molecular formula is C16H26N4OS. The van der Waals surface area contributed by atoms with Gasteiger partial charge in [-0.3, -0.25) is 9.89 Å². The van der Waals surface area contributed by atoms with E-state index < -0.39 is 0 Å². The number of hydrogen-bond acceptors (Lipinski definition) is 3. The summed E-state index contributed by atoms with van der Waals surface area (Å²) in [4.78, 5) is 15.5. The highest BCUT2D eigenvalue weighted by Gasteiger charge is 1.69. The van der Waals surface area contributed by atoms with Gasteiger partial charge in [0.2, 0.25) is 5.56 Å². The van der Waals surface area contributed by atoms with Crippen molar-refractivity contribution in [2.75, 3.05) is 0 Å². The van der Waals surface area contributed by atoms with Crippen LogP contribution in [0.25, 0.3) is 0 Å². The van der Waals surface area contributed by atoms with Gasteiger partial charge in [-0.1, -0.05) is 46.6 Å². The Kier molecular flexibility index (Phi) is 18.5. The molecule has 5 nitrogen and oxygen atoms in total. The first kappa shape index (κ1) is 24.5. The zero-order chi connectivity index (χ0) is 13.8. The number of H-pyrrole nitrogens is 3. The van der Waals surface area contributed by atoms with Crippen molar-refractivity contribution in [2.24, 2.45) is 0 Å². The van der Waals surface area contributed by atoms with Crippen LogP contribution in [-0.4, -0.2) is 20.2 Å². The number of aromatic nitrogens is 4. The van der Waals surface area contributed by atoms with Crippen LogP contribution in [0.1, 0.15) is 22.3 Å². The maximum Gasteiger partial charge on any atom is 0.247 e. The number of aromatic amines is 3. The smallest absolute Gasteiger partial charge is 0.247 e. The maximum atomic E-state index is 10.2. The molecule has 22 heavy (non-hydrogen) atoms. The van der Waals surface area contributed by atoms with Gasteiger partial charge in [0.1, 0.15) is 4.64 Å². The summed E-state index contributed by atoms with van der Waals surface area (Å²) in [5, 5.41) is 6.21. The van der Waals surface area contributed by atoms with E-state index in [9.17, 15) is 4.79 Å². The lowest BCUT2D eigenvalue weighted by Gasteiger charge is -1.76. The molecule has 0 aliphatic carbocycles. The summed E-state index contributed by atoms with van der Waals surface area (Å²) in [6, 6.07) is 12.4. The van der Waals surface area contributed by atoms with Gasteiger partial charge < -0.3 is 9.97 Å². The van der Waals surface area contributed by atoms with Gasteiger partial charge in [-0.2, -0.15) is 5.10 Å². The molecule has 0 aliphatic rings. The van der Waals surface area contributed by atoms with Gasteiger partial charge in [-0.25, -0.2) is 0 Å². The Hall–Kier alpha value is -2.47. The van der Waals surface area contributed by atoms with Crippen LogP contribution in [0.15, 0.2) is 72.0 Å². The van der Waals surface area contributed by atoms with Crippen molar-refractivity contribution >= 4 is 12.2 Å². The molecule has 122 valence electrons. The fourth-order valence-electron chi connectivity index (χ4n) is 0.969. The largest absolute Gasteiger partial charge is 0.353 e. The molecule has 0 bridgehead atoms. The number of nitrogens with one attached hydrogen (secondary N) is 3. The standard InChI is InChI=1S/C5H5NO.C5H5NS.C3H4N2.3CH4/c2*7-5-3-1-2-4-6-5;1-2-4-5-3-1;;;/h2*1-4H,(H,6,7);1-3H,(H,4,5);3*1H4. The van der Waals surface area contributed by atoms with E-state index in [0.717, 1.165) is 4.64 Å². The van der Waals surface area contributed by atoms with E-state index in [0.29, 0.717) is 0 Å². The van der Waals surface area contributed by atoms with E-state index in [-0.39, 0.29) is 27.8 Å². The first-order valence-corrected chi connectivity index (χ1v) is 5.91. The van der Waals surface area contributed by atoms with E-state index in [1.165, 1.54) is 6.07 Å². The average Bonchev–Trinajstić information content (AvgIpc) is 3.00. The van der Waals surface area contributed by atoms with Crippen molar-refractivity contribution in [3.05, 3.63) is 82.2 Å². The molecule has 3 rings (SSSR count). The lowest BCUT2D eigenvalue weighted by molar-refractivity contribution is 1.09. The monoisotopic (exact) mass is 322 g/mol. The molecule has 3 aromatic heterocycles. The summed E-state index contributed by atoms with van der Waals surface area (Å²) in [6.45, 7) is 0. The van der Waals surface area contributed by atoms with E-state index in [1.807, 2.05) is 30.5 Å². The first-order chi connectivity index (χ1) is 9.29. The summed E-state index contributed by atoms with van der Waals surface area (Å²) < 4.78 is 0.780. The molecule has 3 aromatic rings. The highest BCUT2D eigenvalue weighted by molar-refractivity contribution is 7.71. The molecule has 0 spiro atoms. The predicted octanol–water partition coefficient (Wildman–Crippen LogP) is 4.44. The van der Waals surface area contributed by atoms with E-state index in [4.69, 9.17) is 12.2 Å². The number of hydrogen-bond donors (Lipinski definition) is 3. The fraction of sp³-hybridized carbons (Fsp3) is 0.188. The lowest BCUT2D eigenvalue weighted by Crippen LogP contribution is -1.98. The zero-order valence-corrected chi connectivity index (χ0v) is 10.9. The Bertz CT molecular complexity index is 550.